The van der Waals surface area contributed by atoms with Crippen LogP contribution in [0.25, 0.3) is 33.4 Å². The van der Waals surface area contributed by atoms with Crippen LogP contribution in [0.4, 0.5) is 25.8 Å². The number of nitrogens with zero attached hydrogens (tertiary/aromatic N) is 5. The number of anilines is 3. The molecule has 12 heteroatoms. The predicted octanol–water partition coefficient (Wildman–Crippen LogP) is 5.90. The first-order valence-electron chi connectivity index (χ1n) is 14.7. The number of carbonyl (C=O) groups excluding carboxylic acids is 1. The van der Waals surface area contributed by atoms with E-state index in [1.807, 2.05) is 32.0 Å². The number of H-pyrrole nitrogens is 1. The molecule has 1 amide bonds. The fourth-order valence-corrected chi connectivity index (χ4v) is 5.27. The van der Waals surface area contributed by atoms with Crippen LogP contribution in [0.2, 0.25) is 0 Å². The van der Waals surface area contributed by atoms with E-state index in [1.165, 1.54) is 18.3 Å². The molecule has 6 rings (SSSR count). The Kier molecular flexibility index (Phi) is 8.47. The SMILES string of the molecule is CCCC(=O)Nc1cncc(-c2ccc3c(c2F)C(c2nc4c(-c5cc(F)cc(NCCN(C)C)c5)nccc4[nH]2)=NCN3)c1. The van der Waals surface area contributed by atoms with Crippen molar-refractivity contribution in [1.82, 2.24) is 24.8 Å². The van der Waals surface area contributed by atoms with Crippen molar-refractivity contribution in [3.63, 3.8) is 0 Å². The Morgan fingerprint density at radius 2 is 1.89 bits per heavy atom. The van der Waals surface area contributed by atoms with Gasteiger partial charge in [-0.3, -0.25) is 19.8 Å². The number of amides is 1. The molecule has 45 heavy (non-hydrogen) atoms. The van der Waals surface area contributed by atoms with Crippen LogP contribution in [0.3, 0.4) is 0 Å². The van der Waals surface area contributed by atoms with Crippen LogP contribution < -0.4 is 16.0 Å². The van der Waals surface area contributed by atoms with Crippen LogP contribution in [0.5, 0.6) is 0 Å². The number of fused-ring (bicyclic) bond motifs is 2. The summed E-state index contributed by atoms with van der Waals surface area (Å²) in [5.74, 6) is -0.675. The Bertz CT molecular complexity index is 1920. The molecule has 0 unspecified atom stereocenters. The lowest BCUT2D eigenvalue weighted by Crippen LogP contribution is -2.20. The van der Waals surface area contributed by atoms with E-state index in [2.05, 4.69) is 35.9 Å². The first-order valence-corrected chi connectivity index (χ1v) is 14.7. The van der Waals surface area contributed by atoms with Gasteiger partial charge in [0, 0.05) is 60.0 Å². The van der Waals surface area contributed by atoms with Gasteiger partial charge in [0.25, 0.3) is 0 Å². The van der Waals surface area contributed by atoms with E-state index >= 15 is 4.39 Å². The molecule has 0 bridgehead atoms. The largest absolute Gasteiger partial charge is 0.384 e. The highest BCUT2D eigenvalue weighted by molar-refractivity contribution is 6.17. The molecule has 0 fully saturated rings. The van der Waals surface area contributed by atoms with Crippen molar-refractivity contribution in [3.8, 4) is 22.4 Å². The number of carbonyl (C=O) groups is 1. The third kappa shape index (κ3) is 6.36. The van der Waals surface area contributed by atoms with Crippen LogP contribution in [0, 0.1) is 11.6 Å². The molecule has 230 valence electrons. The van der Waals surface area contributed by atoms with E-state index in [1.54, 1.807) is 36.7 Å². The van der Waals surface area contributed by atoms with Gasteiger partial charge in [0.2, 0.25) is 5.91 Å². The number of hydrogen-bond acceptors (Lipinski definition) is 8. The number of nitrogens with one attached hydrogen (secondary N) is 4. The Labute approximate surface area is 259 Å². The van der Waals surface area contributed by atoms with Crippen molar-refractivity contribution in [2.75, 3.05) is 49.8 Å². The molecular weight excluding hydrogens is 576 g/mol. The number of halogens is 2. The first kappa shape index (κ1) is 29.8. The summed E-state index contributed by atoms with van der Waals surface area (Å²) in [5.41, 5.74) is 5.31. The van der Waals surface area contributed by atoms with Gasteiger partial charge in [0.1, 0.15) is 29.5 Å². The summed E-state index contributed by atoms with van der Waals surface area (Å²) in [6.45, 7) is 3.59. The summed E-state index contributed by atoms with van der Waals surface area (Å²) in [6.07, 6.45) is 5.80. The van der Waals surface area contributed by atoms with Gasteiger partial charge >= 0.3 is 0 Å². The second kappa shape index (κ2) is 12.8. The summed E-state index contributed by atoms with van der Waals surface area (Å²) in [5, 5.41) is 9.20. The van der Waals surface area contributed by atoms with Gasteiger partial charge in [-0.25, -0.2) is 13.8 Å². The second-order valence-electron chi connectivity index (χ2n) is 11.1. The number of aromatic amines is 1. The molecule has 2 aromatic carbocycles. The lowest BCUT2D eigenvalue weighted by atomic mass is 9.97. The Morgan fingerprint density at radius 3 is 2.71 bits per heavy atom. The molecule has 3 aromatic heterocycles. The molecular formula is C33H33F2N9O. The van der Waals surface area contributed by atoms with Gasteiger partial charge in [-0.1, -0.05) is 6.92 Å². The van der Waals surface area contributed by atoms with Crippen molar-refractivity contribution < 1.29 is 13.6 Å². The summed E-state index contributed by atoms with van der Waals surface area (Å²) in [6, 6.07) is 11.6. The van der Waals surface area contributed by atoms with Gasteiger partial charge in [-0.15, -0.1) is 0 Å². The van der Waals surface area contributed by atoms with Crippen LogP contribution in [0.15, 0.2) is 66.0 Å². The van der Waals surface area contributed by atoms with Gasteiger partial charge in [-0.05, 0) is 63.0 Å². The zero-order chi connectivity index (χ0) is 31.5. The van der Waals surface area contributed by atoms with E-state index in [0.717, 1.165) is 6.54 Å². The summed E-state index contributed by atoms with van der Waals surface area (Å²) in [4.78, 5) is 35.6. The van der Waals surface area contributed by atoms with E-state index in [-0.39, 0.29) is 18.1 Å². The molecule has 5 aromatic rings. The normalized spacial score (nSPS) is 12.5. The van der Waals surface area contributed by atoms with Crippen molar-refractivity contribution in [2.24, 2.45) is 4.99 Å². The number of rotatable bonds is 10. The molecule has 0 saturated heterocycles. The number of imidazole rings is 1. The summed E-state index contributed by atoms with van der Waals surface area (Å²) < 4.78 is 31.1. The van der Waals surface area contributed by atoms with Crippen LogP contribution in [0.1, 0.15) is 31.2 Å². The van der Waals surface area contributed by atoms with E-state index in [0.29, 0.717) is 81.4 Å². The third-order valence-electron chi connectivity index (χ3n) is 7.38. The quantitative estimate of drug-likeness (QED) is 0.156. The molecule has 0 aliphatic carbocycles. The Hall–Kier alpha value is -5.23. The van der Waals surface area contributed by atoms with Gasteiger partial charge < -0.3 is 25.8 Å². The predicted molar refractivity (Wildman–Crippen MR) is 174 cm³/mol. The number of benzene rings is 2. The topological polar surface area (TPSA) is 123 Å². The summed E-state index contributed by atoms with van der Waals surface area (Å²) >= 11 is 0. The lowest BCUT2D eigenvalue weighted by Gasteiger charge is -2.20. The average molecular weight is 610 g/mol. The fourth-order valence-electron chi connectivity index (χ4n) is 5.27. The minimum Gasteiger partial charge on any atom is -0.384 e. The highest BCUT2D eigenvalue weighted by atomic mass is 19.1. The van der Waals surface area contributed by atoms with Crippen LogP contribution in [-0.2, 0) is 4.79 Å². The zero-order valence-electron chi connectivity index (χ0n) is 25.2. The average Bonchev–Trinajstić information content (AvgIpc) is 3.45. The third-order valence-corrected chi connectivity index (χ3v) is 7.38. The second-order valence-corrected chi connectivity index (χ2v) is 11.1. The molecule has 0 spiro atoms. The number of pyridine rings is 2. The fraction of sp³-hybridized carbons (Fsp3) is 0.242. The molecule has 4 heterocycles. The molecule has 1 aliphatic rings. The molecule has 10 nitrogen and oxygen atoms in total. The maximum absolute atomic E-state index is 16.4. The first-order chi connectivity index (χ1) is 21.8. The number of likely N-dealkylation sites (N-methyl/N-ethyl adjacent to an activating group) is 1. The minimum absolute atomic E-state index is 0.130. The van der Waals surface area contributed by atoms with Gasteiger partial charge in [0.15, 0.2) is 5.82 Å². The number of aromatic nitrogens is 4. The van der Waals surface area contributed by atoms with Gasteiger partial charge in [0.05, 0.1) is 28.7 Å². The van der Waals surface area contributed by atoms with E-state index < -0.39 is 11.6 Å². The van der Waals surface area contributed by atoms with Crippen LogP contribution in [-0.4, -0.2) is 70.3 Å². The highest BCUT2D eigenvalue weighted by Crippen LogP contribution is 2.35. The molecule has 1 aliphatic heterocycles. The lowest BCUT2D eigenvalue weighted by molar-refractivity contribution is -0.116. The highest BCUT2D eigenvalue weighted by Gasteiger charge is 2.26. The smallest absolute Gasteiger partial charge is 0.224 e. The number of hydrogen-bond donors (Lipinski definition) is 4. The van der Waals surface area contributed by atoms with E-state index in [4.69, 9.17) is 4.98 Å². The monoisotopic (exact) mass is 609 g/mol. The standard InChI is InChI=1S/C33H33F2N9O/c1-4-5-27(45)41-23-14-20(16-36-17-23)24-6-7-25-28(29(24)35)32(40-18-39-25)33-42-26-8-9-38-30(31(26)43-33)19-12-21(34)15-22(13-19)37-10-11-44(2)3/h6-9,12-17,37,39H,4-5,10-11,18H2,1-3H3,(H,41,45)(H,42,43). The molecule has 0 atom stereocenters. The van der Waals surface area contributed by atoms with Crippen molar-refractivity contribution >= 4 is 39.7 Å². The van der Waals surface area contributed by atoms with Crippen LogP contribution >= 0.6 is 0 Å². The maximum atomic E-state index is 16.4. The zero-order valence-corrected chi connectivity index (χ0v) is 25.2. The minimum atomic E-state index is -0.505. The Balaban J connectivity index is 1.37. The van der Waals surface area contributed by atoms with Crippen molar-refractivity contribution in [2.45, 2.75) is 19.8 Å². The molecule has 0 saturated carbocycles. The van der Waals surface area contributed by atoms with Crippen molar-refractivity contribution in [3.05, 3.63) is 84.1 Å². The summed E-state index contributed by atoms with van der Waals surface area (Å²) in [7, 11) is 3.95. The maximum Gasteiger partial charge on any atom is 0.224 e. The molecule has 4 N–H and O–H groups in total. The van der Waals surface area contributed by atoms with E-state index in [9.17, 15) is 9.18 Å². The van der Waals surface area contributed by atoms with Gasteiger partial charge in [-0.2, -0.15) is 0 Å². The Morgan fingerprint density at radius 1 is 1.04 bits per heavy atom. The van der Waals surface area contributed by atoms with Crippen molar-refractivity contribution in [1.29, 1.82) is 0 Å². The number of aliphatic imine (C=N–C) groups is 1. The molecule has 0 radical (unpaired) electrons.